The predicted molar refractivity (Wildman–Crippen MR) is 90.9 cm³/mol. The first-order valence-electron chi connectivity index (χ1n) is 6.95. The van der Waals surface area contributed by atoms with Crippen LogP contribution in [0.1, 0.15) is 0 Å². The molecule has 2 aromatic carbocycles. The number of carbonyl (C=O) groups excluding carboxylic acids is 1. The molecule has 4 aromatic rings. The van der Waals surface area contributed by atoms with E-state index in [1.54, 1.807) is 30.6 Å². The smallest absolute Gasteiger partial charge is 0.340 e. The molecule has 0 aliphatic heterocycles. The normalized spacial score (nSPS) is 11.2. The minimum absolute atomic E-state index is 0.544. The number of nitrogens with two attached hydrogens (primary N) is 1. The Hall–Kier alpha value is -2.86. The van der Waals surface area contributed by atoms with E-state index in [0.29, 0.717) is 17.0 Å². The molecule has 113 valence electrons. The van der Waals surface area contributed by atoms with E-state index < -0.39 is 6.03 Å². The lowest BCUT2D eigenvalue weighted by Gasteiger charge is -2.02. The standard InChI is InChI=1S/C17H12N3O2S/c1-22-12-7-4-6-11-15(12)16(19-20(11)17(18)21)14-9-10-5-2-3-8-13(10)23-14/h2-6,8-9H,1H3,(H2,18,21). The fourth-order valence-electron chi connectivity index (χ4n) is 2.68. The highest BCUT2D eigenvalue weighted by Crippen LogP contribution is 2.39. The lowest BCUT2D eigenvalue weighted by molar-refractivity contribution is 0.248. The first-order chi connectivity index (χ1) is 11.2. The van der Waals surface area contributed by atoms with Crippen LogP contribution in [0, 0.1) is 6.07 Å². The molecule has 2 aromatic heterocycles. The van der Waals surface area contributed by atoms with Gasteiger partial charge in [-0.15, -0.1) is 11.3 Å². The molecule has 0 bridgehead atoms. The minimum Gasteiger partial charge on any atom is -0.495 e. The van der Waals surface area contributed by atoms with Gasteiger partial charge in [0.25, 0.3) is 0 Å². The Morgan fingerprint density at radius 2 is 2.17 bits per heavy atom. The van der Waals surface area contributed by atoms with Crippen molar-refractivity contribution < 1.29 is 9.53 Å². The Morgan fingerprint density at radius 1 is 1.35 bits per heavy atom. The molecule has 0 saturated carbocycles. The van der Waals surface area contributed by atoms with E-state index in [-0.39, 0.29) is 0 Å². The summed E-state index contributed by atoms with van der Waals surface area (Å²) in [6, 6.07) is 16.0. The molecule has 2 N–H and O–H groups in total. The Morgan fingerprint density at radius 3 is 2.91 bits per heavy atom. The topological polar surface area (TPSA) is 70.1 Å². The van der Waals surface area contributed by atoms with E-state index in [4.69, 9.17) is 10.5 Å². The molecular formula is C17H12N3O2S. The molecule has 6 heteroatoms. The van der Waals surface area contributed by atoms with Gasteiger partial charge in [0.2, 0.25) is 0 Å². The number of methoxy groups -OCH3 is 1. The molecule has 4 rings (SSSR count). The molecule has 0 atom stereocenters. The molecule has 0 saturated heterocycles. The van der Waals surface area contributed by atoms with Crippen LogP contribution in [-0.4, -0.2) is 22.9 Å². The first kappa shape index (κ1) is 13.8. The number of hydrogen-bond acceptors (Lipinski definition) is 4. The average Bonchev–Trinajstić information content (AvgIpc) is 3.15. The maximum absolute atomic E-state index is 11.7. The molecule has 5 nitrogen and oxygen atoms in total. The average molecular weight is 322 g/mol. The van der Waals surface area contributed by atoms with Crippen LogP contribution >= 0.6 is 11.3 Å². The lowest BCUT2D eigenvalue weighted by Crippen LogP contribution is -2.20. The summed E-state index contributed by atoms with van der Waals surface area (Å²) in [6.45, 7) is 0. The summed E-state index contributed by atoms with van der Waals surface area (Å²) in [5.74, 6) is 0.544. The Bertz CT molecular complexity index is 1020. The number of thiophene rings is 1. The molecule has 0 fully saturated rings. The Kier molecular flexibility index (Phi) is 3.06. The van der Waals surface area contributed by atoms with Gasteiger partial charge in [0.05, 0.1) is 22.9 Å². The summed E-state index contributed by atoms with van der Waals surface area (Å²) in [6.07, 6.45) is 0. The maximum atomic E-state index is 11.7. The van der Waals surface area contributed by atoms with Crippen LogP contribution in [0.4, 0.5) is 4.79 Å². The molecule has 23 heavy (non-hydrogen) atoms. The number of rotatable bonds is 2. The van der Waals surface area contributed by atoms with Crippen LogP contribution in [-0.2, 0) is 0 Å². The van der Waals surface area contributed by atoms with E-state index in [9.17, 15) is 4.79 Å². The molecule has 0 spiro atoms. The van der Waals surface area contributed by atoms with Crippen LogP contribution in [0.2, 0.25) is 0 Å². The number of nitrogens with zero attached hydrogens (tertiary/aromatic N) is 2. The van der Waals surface area contributed by atoms with Gasteiger partial charge in [0.1, 0.15) is 11.4 Å². The third kappa shape index (κ3) is 2.07. The third-order valence-electron chi connectivity index (χ3n) is 3.68. The second-order valence-electron chi connectivity index (χ2n) is 5.02. The number of hydrogen-bond donors (Lipinski definition) is 1. The van der Waals surface area contributed by atoms with Gasteiger partial charge < -0.3 is 10.5 Å². The molecule has 0 aliphatic carbocycles. The maximum Gasteiger partial charge on any atom is 0.340 e. The predicted octanol–water partition coefficient (Wildman–Crippen LogP) is 3.65. The minimum atomic E-state index is -0.629. The van der Waals surface area contributed by atoms with E-state index in [2.05, 4.69) is 23.3 Å². The van der Waals surface area contributed by atoms with E-state index in [0.717, 1.165) is 20.3 Å². The van der Waals surface area contributed by atoms with Crippen LogP contribution in [0.15, 0.2) is 42.5 Å². The number of benzene rings is 2. The molecular weight excluding hydrogens is 310 g/mol. The van der Waals surface area contributed by atoms with Gasteiger partial charge in [-0.05, 0) is 29.7 Å². The van der Waals surface area contributed by atoms with Crippen LogP contribution in [0.5, 0.6) is 5.75 Å². The zero-order valence-corrected chi connectivity index (χ0v) is 13.1. The van der Waals surface area contributed by atoms with Gasteiger partial charge in [-0.25, -0.2) is 4.79 Å². The Balaban J connectivity index is 2.07. The van der Waals surface area contributed by atoms with Crippen molar-refractivity contribution in [3.63, 3.8) is 0 Å². The van der Waals surface area contributed by atoms with Crippen molar-refractivity contribution in [1.82, 2.24) is 9.78 Å². The van der Waals surface area contributed by atoms with Gasteiger partial charge in [0.15, 0.2) is 0 Å². The number of amides is 1. The van der Waals surface area contributed by atoms with Crippen molar-refractivity contribution >= 4 is 38.4 Å². The third-order valence-corrected chi connectivity index (χ3v) is 4.80. The number of carbonyl (C=O) groups is 1. The van der Waals surface area contributed by atoms with Crippen molar-refractivity contribution in [3.8, 4) is 16.3 Å². The zero-order chi connectivity index (χ0) is 16.0. The summed E-state index contributed by atoms with van der Waals surface area (Å²) >= 11 is 1.61. The van der Waals surface area contributed by atoms with Crippen molar-refractivity contribution in [2.24, 2.45) is 5.73 Å². The summed E-state index contributed by atoms with van der Waals surface area (Å²) < 4.78 is 7.76. The van der Waals surface area contributed by atoms with E-state index >= 15 is 0 Å². The molecule has 0 unspecified atom stereocenters. The number of primary amides is 1. The summed E-state index contributed by atoms with van der Waals surface area (Å²) in [5, 5.41) is 6.28. The van der Waals surface area contributed by atoms with E-state index in [1.807, 2.05) is 18.2 Å². The quantitative estimate of drug-likeness (QED) is 0.612. The van der Waals surface area contributed by atoms with Gasteiger partial charge in [0, 0.05) is 10.8 Å². The molecule has 1 radical (unpaired) electrons. The highest BCUT2D eigenvalue weighted by Gasteiger charge is 2.20. The van der Waals surface area contributed by atoms with E-state index in [1.165, 1.54) is 4.68 Å². The second-order valence-corrected chi connectivity index (χ2v) is 6.10. The highest BCUT2D eigenvalue weighted by atomic mass is 32.1. The van der Waals surface area contributed by atoms with Crippen molar-refractivity contribution in [2.45, 2.75) is 0 Å². The SMILES string of the molecule is COc1[c]ccc2c1c(-c1cc3ccccc3s1)nn2C(N)=O. The van der Waals surface area contributed by atoms with Gasteiger partial charge in [-0.2, -0.15) is 9.78 Å². The van der Waals surface area contributed by atoms with Gasteiger partial charge in [-0.1, -0.05) is 18.2 Å². The first-order valence-corrected chi connectivity index (χ1v) is 7.77. The number of ether oxygens (including phenoxy) is 1. The van der Waals surface area contributed by atoms with Crippen molar-refractivity contribution in [2.75, 3.05) is 7.11 Å². The molecule has 0 aliphatic rings. The fraction of sp³-hybridized carbons (Fsp3) is 0.0588. The Labute approximate surface area is 135 Å². The largest absolute Gasteiger partial charge is 0.495 e. The monoisotopic (exact) mass is 322 g/mol. The van der Waals surface area contributed by atoms with Gasteiger partial charge >= 0.3 is 6.03 Å². The van der Waals surface area contributed by atoms with Gasteiger partial charge in [-0.3, -0.25) is 0 Å². The van der Waals surface area contributed by atoms with Crippen LogP contribution < -0.4 is 10.5 Å². The number of fused-ring (bicyclic) bond motifs is 2. The van der Waals surface area contributed by atoms with Crippen LogP contribution in [0.25, 0.3) is 31.6 Å². The summed E-state index contributed by atoms with van der Waals surface area (Å²) in [5.41, 5.74) is 6.74. The van der Waals surface area contributed by atoms with Crippen molar-refractivity contribution in [3.05, 3.63) is 48.5 Å². The second kappa shape index (κ2) is 5.10. The number of aromatic nitrogens is 2. The summed E-state index contributed by atoms with van der Waals surface area (Å²) in [7, 11) is 1.57. The zero-order valence-electron chi connectivity index (χ0n) is 12.2. The van der Waals surface area contributed by atoms with Crippen molar-refractivity contribution in [1.29, 1.82) is 0 Å². The molecule has 1 amide bonds. The van der Waals surface area contributed by atoms with Crippen LogP contribution in [0.3, 0.4) is 0 Å². The molecule has 2 heterocycles. The highest BCUT2D eigenvalue weighted by molar-refractivity contribution is 7.22. The fourth-order valence-corrected chi connectivity index (χ4v) is 3.73. The lowest BCUT2D eigenvalue weighted by atomic mass is 10.1. The summed E-state index contributed by atoms with van der Waals surface area (Å²) in [4.78, 5) is 12.7.